The van der Waals surface area contributed by atoms with Gasteiger partial charge in [-0.1, -0.05) is 44.0 Å². The molecule has 2 aromatic rings. The lowest BCUT2D eigenvalue weighted by Crippen LogP contribution is -2.25. The van der Waals surface area contributed by atoms with E-state index in [1.165, 1.54) is 0 Å². The van der Waals surface area contributed by atoms with E-state index in [-0.39, 0.29) is 11.9 Å². The summed E-state index contributed by atoms with van der Waals surface area (Å²) in [7, 11) is 1.61. The summed E-state index contributed by atoms with van der Waals surface area (Å²) in [6.45, 7) is 16.6. The van der Waals surface area contributed by atoms with Crippen LogP contribution in [0.3, 0.4) is 0 Å². The first-order chi connectivity index (χ1) is 21.0. The van der Waals surface area contributed by atoms with Crippen molar-refractivity contribution in [3.05, 3.63) is 95.1 Å². The minimum Gasteiger partial charge on any atom is -0.462 e. The van der Waals surface area contributed by atoms with Crippen LogP contribution >= 0.6 is 0 Å². The molecule has 0 aromatic heterocycles. The minimum absolute atomic E-state index is 0.318. The van der Waals surface area contributed by atoms with E-state index in [0.29, 0.717) is 42.1 Å². The lowest BCUT2D eigenvalue weighted by atomic mass is 9.91. The molecule has 0 radical (unpaired) electrons. The molecule has 0 fully saturated rings. The van der Waals surface area contributed by atoms with Crippen LogP contribution in [0.25, 0.3) is 11.6 Å². The molecule has 0 saturated carbocycles. The fourth-order valence-electron chi connectivity index (χ4n) is 4.60. The van der Waals surface area contributed by atoms with Crippen molar-refractivity contribution in [1.82, 2.24) is 0 Å². The number of esters is 2. The van der Waals surface area contributed by atoms with Gasteiger partial charge in [0.1, 0.15) is 11.5 Å². The summed E-state index contributed by atoms with van der Waals surface area (Å²) >= 11 is 0. The van der Waals surface area contributed by atoms with Crippen molar-refractivity contribution in [1.29, 1.82) is 0 Å². The molecule has 2 atom stereocenters. The second kappa shape index (κ2) is 16.6. The molecule has 8 nitrogen and oxygen atoms in total. The summed E-state index contributed by atoms with van der Waals surface area (Å²) in [6.07, 6.45) is 4.91. The van der Waals surface area contributed by atoms with Gasteiger partial charge in [-0.15, -0.1) is 0 Å². The molecular weight excluding hydrogens is 560 g/mol. The molecule has 1 heterocycles. The zero-order valence-electron chi connectivity index (χ0n) is 26.3. The number of hydrogen-bond donors (Lipinski definition) is 1. The van der Waals surface area contributed by atoms with E-state index in [1.807, 2.05) is 12.1 Å². The summed E-state index contributed by atoms with van der Waals surface area (Å²) in [6, 6.07) is 11.5. The van der Waals surface area contributed by atoms with Crippen molar-refractivity contribution in [2.45, 2.75) is 71.9 Å². The van der Waals surface area contributed by atoms with Gasteiger partial charge in [-0.2, -0.15) is 0 Å². The molecule has 0 spiro atoms. The molecule has 3 rings (SSSR count). The number of unbranched alkanes of at least 4 members (excludes halogenated alkanes) is 2. The Kier molecular flexibility index (Phi) is 13.0. The zero-order valence-corrected chi connectivity index (χ0v) is 26.3. The fraction of sp³-hybridized carbons (Fsp3) is 0.389. The van der Waals surface area contributed by atoms with Gasteiger partial charge in [-0.3, -0.25) is 0 Å². The molecule has 0 bridgehead atoms. The van der Waals surface area contributed by atoms with Crippen LogP contribution in [0, 0.1) is 0 Å². The van der Waals surface area contributed by atoms with Gasteiger partial charge in [0.05, 0.1) is 13.2 Å². The normalized spacial score (nSPS) is 14.4. The van der Waals surface area contributed by atoms with E-state index in [2.05, 4.69) is 37.9 Å². The molecule has 1 N–H and O–H groups in total. The van der Waals surface area contributed by atoms with Crippen molar-refractivity contribution >= 4 is 23.6 Å². The Morgan fingerprint density at radius 1 is 0.864 bits per heavy atom. The number of rotatable bonds is 17. The van der Waals surface area contributed by atoms with Gasteiger partial charge in [0, 0.05) is 29.4 Å². The van der Waals surface area contributed by atoms with E-state index in [9.17, 15) is 14.7 Å². The zero-order chi connectivity index (χ0) is 32.2. The predicted molar refractivity (Wildman–Crippen MR) is 171 cm³/mol. The molecule has 1 aliphatic heterocycles. The number of hydrogen-bond acceptors (Lipinski definition) is 8. The maximum absolute atomic E-state index is 11.8. The summed E-state index contributed by atoms with van der Waals surface area (Å²) in [4.78, 5) is 23.5. The third-order valence-electron chi connectivity index (χ3n) is 7.07. The van der Waals surface area contributed by atoms with Crippen LogP contribution in [0.5, 0.6) is 11.5 Å². The first kappa shape index (κ1) is 34.4. The van der Waals surface area contributed by atoms with Gasteiger partial charge in [0.25, 0.3) is 0 Å². The highest BCUT2D eigenvalue weighted by Gasteiger charge is 2.27. The Morgan fingerprint density at radius 2 is 1.45 bits per heavy atom. The van der Waals surface area contributed by atoms with Crippen LogP contribution in [0.15, 0.2) is 72.9 Å². The molecule has 44 heavy (non-hydrogen) atoms. The van der Waals surface area contributed by atoms with Crippen molar-refractivity contribution in [2.75, 3.05) is 20.3 Å². The Balaban J connectivity index is 1.81. The number of carbonyl (C=O) groups excluding carboxylic acids is 2. The fourth-order valence-corrected chi connectivity index (χ4v) is 4.60. The van der Waals surface area contributed by atoms with Gasteiger partial charge in [0.2, 0.25) is 12.6 Å². The third-order valence-corrected chi connectivity index (χ3v) is 7.07. The molecule has 2 aromatic carbocycles. The topological polar surface area (TPSA) is 101 Å². The van der Waals surface area contributed by atoms with Crippen LogP contribution in [-0.4, -0.2) is 49.9 Å². The Morgan fingerprint density at radius 3 is 2.00 bits per heavy atom. The molecule has 8 heteroatoms. The number of methoxy groups -OCH3 is 1. The van der Waals surface area contributed by atoms with Crippen molar-refractivity contribution in [2.24, 2.45) is 0 Å². The van der Waals surface area contributed by atoms with Crippen molar-refractivity contribution in [3.63, 3.8) is 0 Å². The van der Waals surface area contributed by atoms with Gasteiger partial charge in [-0.05, 0) is 99.8 Å². The van der Waals surface area contributed by atoms with Gasteiger partial charge in [0.15, 0.2) is 0 Å². The second-order valence-electron chi connectivity index (χ2n) is 11.0. The number of fused-ring (bicyclic) bond motifs is 1. The van der Waals surface area contributed by atoms with E-state index >= 15 is 0 Å². The first-order valence-electron chi connectivity index (χ1n) is 14.8. The summed E-state index contributed by atoms with van der Waals surface area (Å²) in [5.74, 6) is 0.534. The van der Waals surface area contributed by atoms with Crippen LogP contribution in [0.2, 0.25) is 0 Å². The van der Waals surface area contributed by atoms with Crippen LogP contribution < -0.4 is 9.47 Å². The first-order valence-corrected chi connectivity index (χ1v) is 14.8. The second-order valence-corrected chi connectivity index (χ2v) is 11.0. The highest BCUT2D eigenvalue weighted by atomic mass is 16.7. The van der Waals surface area contributed by atoms with Gasteiger partial charge >= 0.3 is 11.9 Å². The summed E-state index contributed by atoms with van der Waals surface area (Å²) in [5, 5.41) is 9.97. The SMILES string of the molecule is C=C(C)C(=O)OCCCCc1ccc2c(c1CCCCOC(=O)C(=C)C)OC(OC)C(c1ccc(OC(O)C(=C)C)cc1)=C2. The van der Waals surface area contributed by atoms with E-state index < -0.39 is 12.6 Å². The minimum atomic E-state index is -1.08. The van der Waals surface area contributed by atoms with E-state index in [4.69, 9.17) is 23.7 Å². The predicted octanol–water partition coefficient (Wildman–Crippen LogP) is 6.75. The van der Waals surface area contributed by atoms with E-state index in [0.717, 1.165) is 65.7 Å². The smallest absolute Gasteiger partial charge is 0.333 e. The van der Waals surface area contributed by atoms with Gasteiger partial charge in [-0.25, -0.2) is 9.59 Å². The van der Waals surface area contributed by atoms with Crippen molar-refractivity contribution in [3.8, 4) is 11.5 Å². The van der Waals surface area contributed by atoms with Crippen molar-refractivity contribution < 1.29 is 38.4 Å². The Labute approximate surface area is 260 Å². The third kappa shape index (κ3) is 9.69. The van der Waals surface area contributed by atoms with Gasteiger partial charge < -0.3 is 28.8 Å². The summed E-state index contributed by atoms with van der Waals surface area (Å²) in [5.41, 5.74) is 6.22. The lowest BCUT2D eigenvalue weighted by molar-refractivity contribution is -0.139. The number of aliphatic hydroxyl groups excluding tert-OH is 1. The van der Waals surface area contributed by atoms with Crippen LogP contribution in [0.4, 0.5) is 0 Å². The Bertz CT molecular complexity index is 1390. The number of carbonyl (C=O) groups is 2. The molecule has 1 aliphatic rings. The average molecular weight is 605 g/mol. The van der Waals surface area contributed by atoms with Crippen LogP contribution in [-0.2, 0) is 36.6 Å². The molecule has 0 aliphatic carbocycles. The molecule has 2 unspecified atom stereocenters. The molecule has 236 valence electrons. The molecular formula is C36H44O8. The monoisotopic (exact) mass is 604 g/mol. The number of aryl methyl sites for hydroxylation is 1. The standard InChI is InChI=1S/C36H44O8/c1-23(2)33(37)41-20-10-8-12-26-14-15-28-22-31(27-16-18-29(19-17-27)43-35(39)25(5)6)36(40-7)44-32(28)30(26)13-9-11-21-42-34(38)24(3)4/h14-19,22,35-36,39H,1,3,5,8-13,20-21H2,2,4,6-7H3. The number of ether oxygens (including phenoxy) is 5. The maximum Gasteiger partial charge on any atom is 0.333 e. The maximum atomic E-state index is 11.8. The molecule has 0 saturated heterocycles. The average Bonchev–Trinajstić information content (AvgIpc) is 3.00. The largest absolute Gasteiger partial charge is 0.462 e. The number of aliphatic hydroxyl groups is 1. The highest BCUT2D eigenvalue weighted by Crippen LogP contribution is 2.40. The Hall–Kier alpha value is -4.14. The quantitative estimate of drug-likeness (QED) is 0.0696. The highest BCUT2D eigenvalue weighted by molar-refractivity contribution is 5.88. The summed E-state index contributed by atoms with van der Waals surface area (Å²) < 4.78 is 28.3. The lowest BCUT2D eigenvalue weighted by Gasteiger charge is -2.29. The molecule has 0 amide bonds. The number of benzene rings is 2. The van der Waals surface area contributed by atoms with E-state index in [1.54, 1.807) is 40.0 Å². The van der Waals surface area contributed by atoms with Crippen LogP contribution in [0.1, 0.15) is 68.7 Å².